The summed E-state index contributed by atoms with van der Waals surface area (Å²) in [5.74, 6) is 0.265. The summed E-state index contributed by atoms with van der Waals surface area (Å²) in [5.41, 5.74) is 3.13. The molecule has 5 rings (SSSR count). The number of carbonyl (C=O) groups is 1. The quantitative estimate of drug-likeness (QED) is 0.480. The van der Waals surface area contributed by atoms with Gasteiger partial charge in [-0.25, -0.2) is 0 Å². The van der Waals surface area contributed by atoms with Crippen molar-refractivity contribution >= 4 is 44.9 Å². The van der Waals surface area contributed by atoms with E-state index < -0.39 is 11.6 Å². The Balaban J connectivity index is 1.58. The third kappa shape index (κ3) is 3.93. The number of fused-ring (bicyclic) bond motifs is 4. The van der Waals surface area contributed by atoms with Crippen LogP contribution in [0.15, 0.2) is 40.9 Å². The second-order valence-electron chi connectivity index (χ2n) is 9.71. The molecular formula is C26H30BrN3O2S. The van der Waals surface area contributed by atoms with Gasteiger partial charge in [-0.05, 0) is 75.7 Å². The average Bonchev–Trinajstić information content (AvgIpc) is 2.76. The first kappa shape index (κ1) is 22.7. The van der Waals surface area contributed by atoms with Crippen molar-refractivity contribution in [2.75, 3.05) is 5.32 Å². The van der Waals surface area contributed by atoms with E-state index in [2.05, 4.69) is 44.5 Å². The van der Waals surface area contributed by atoms with Gasteiger partial charge in [-0.3, -0.25) is 4.79 Å². The molecule has 2 heterocycles. The van der Waals surface area contributed by atoms with Crippen LogP contribution in [0.3, 0.4) is 0 Å². The van der Waals surface area contributed by atoms with Crippen molar-refractivity contribution in [3.05, 3.63) is 57.6 Å². The number of nitrogens with one attached hydrogen (secondary N) is 2. The number of anilines is 1. The fourth-order valence-corrected chi connectivity index (χ4v) is 6.66. The summed E-state index contributed by atoms with van der Waals surface area (Å²) in [6, 6.07) is 12.1. The number of halogens is 1. The highest BCUT2D eigenvalue weighted by molar-refractivity contribution is 9.10. The van der Waals surface area contributed by atoms with Crippen molar-refractivity contribution in [2.24, 2.45) is 5.92 Å². The molecule has 0 aromatic heterocycles. The summed E-state index contributed by atoms with van der Waals surface area (Å²) in [6.45, 7) is 6.12. The molecule has 2 fully saturated rings. The molecule has 0 radical (unpaired) electrons. The zero-order valence-corrected chi connectivity index (χ0v) is 21.7. The van der Waals surface area contributed by atoms with E-state index in [0.717, 1.165) is 39.9 Å². The number of aryl methyl sites for hydroxylation is 2. The van der Waals surface area contributed by atoms with Gasteiger partial charge in [0.15, 0.2) is 10.8 Å². The maximum absolute atomic E-state index is 13.9. The molecule has 1 aliphatic carbocycles. The number of thiocarbonyl (C=S) groups is 1. The Morgan fingerprint density at radius 2 is 1.94 bits per heavy atom. The lowest BCUT2D eigenvalue weighted by Crippen LogP contribution is -2.73. The van der Waals surface area contributed by atoms with Gasteiger partial charge in [0, 0.05) is 21.8 Å². The van der Waals surface area contributed by atoms with E-state index in [1.54, 1.807) is 0 Å². The predicted octanol–water partition coefficient (Wildman–Crippen LogP) is 5.99. The number of ether oxygens (including phenoxy) is 1. The van der Waals surface area contributed by atoms with Gasteiger partial charge in [-0.2, -0.15) is 0 Å². The summed E-state index contributed by atoms with van der Waals surface area (Å²) in [6.07, 6.45) is 5.71. The molecule has 2 aromatic carbocycles. The monoisotopic (exact) mass is 527 g/mol. The molecule has 174 valence electrons. The smallest absolute Gasteiger partial charge is 0.236 e. The molecule has 2 aromatic rings. The van der Waals surface area contributed by atoms with E-state index in [4.69, 9.17) is 17.0 Å². The number of carbonyl (C=O) groups excluding carboxylic acids is 1. The third-order valence-electron chi connectivity index (χ3n) is 7.37. The van der Waals surface area contributed by atoms with Crippen molar-refractivity contribution in [2.45, 2.75) is 70.7 Å². The topological polar surface area (TPSA) is 53.6 Å². The zero-order chi connectivity index (χ0) is 23.3. The Bertz CT molecular complexity index is 1120. The summed E-state index contributed by atoms with van der Waals surface area (Å²) in [7, 11) is 0. The molecular weight excluding hydrogens is 498 g/mol. The number of benzene rings is 2. The van der Waals surface area contributed by atoms with Crippen LogP contribution in [0.4, 0.5) is 5.69 Å². The standard InChI is InChI=1S/C26H30BrN3O2S/c1-15-9-11-20(16(2)13-15)28-24(31)22-23-19-14-17(27)10-12-21(19)32-26(22,3)30(25(33)29-23)18-7-5-4-6-8-18/h9-14,18,22-23H,4-8H2,1-3H3,(H,28,31)(H,29,33)/t22-,23+,26+/m1/s1. The minimum absolute atomic E-state index is 0.0594. The minimum Gasteiger partial charge on any atom is -0.467 e. The molecule has 2 aliphatic heterocycles. The Labute approximate surface area is 209 Å². The largest absolute Gasteiger partial charge is 0.467 e. The Morgan fingerprint density at radius 1 is 1.18 bits per heavy atom. The van der Waals surface area contributed by atoms with E-state index in [1.165, 1.54) is 24.8 Å². The molecule has 3 atom stereocenters. The van der Waals surface area contributed by atoms with Gasteiger partial charge in [0.1, 0.15) is 11.7 Å². The van der Waals surface area contributed by atoms with Gasteiger partial charge < -0.3 is 20.3 Å². The van der Waals surface area contributed by atoms with Gasteiger partial charge in [-0.1, -0.05) is 52.9 Å². The molecule has 1 amide bonds. The predicted molar refractivity (Wildman–Crippen MR) is 138 cm³/mol. The molecule has 3 aliphatic rings. The van der Waals surface area contributed by atoms with Crippen LogP contribution in [0.25, 0.3) is 0 Å². The van der Waals surface area contributed by atoms with E-state index >= 15 is 0 Å². The van der Waals surface area contributed by atoms with Gasteiger partial charge in [-0.15, -0.1) is 0 Å². The third-order valence-corrected chi connectivity index (χ3v) is 8.18. The molecule has 1 saturated heterocycles. The van der Waals surface area contributed by atoms with Crippen LogP contribution in [0, 0.1) is 19.8 Å². The van der Waals surface area contributed by atoms with Crippen LogP contribution in [0.5, 0.6) is 5.75 Å². The molecule has 2 N–H and O–H groups in total. The van der Waals surface area contributed by atoms with Crippen molar-refractivity contribution in [3.63, 3.8) is 0 Å². The highest BCUT2D eigenvalue weighted by Gasteiger charge is 2.60. The fraction of sp³-hybridized carbons (Fsp3) is 0.462. The highest BCUT2D eigenvalue weighted by atomic mass is 79.9. The molecule has 2 bridgehead atoms. The van der Waals surface area contributed by atoms with Crippen molar-refractivity contribution in [1.29, 1.82) is 0 Å². The zero-order valence-electron chi connectivity index (χ0n) is 19.3. The van der Waals surface area contributed by atoms with Crippen LogP contribution in [0.1, 0.15) is 61.8 Å². The SMILES string of the molecule is Cc1ccc(NC(=O)[C@H]2[C@H]3NC(=S)N(C4CCCCC4)[C@@]2(C)Oc2ccc(Br)cc23)c(C)c1. The van der Waals surface area contributed by atoms with Gasteiger partial charge in [0.05, 0.1) is 6.04 Å². The van der Waals surface area contributed by atoms with Crippen LogP contribution >= 0.6 is 28.1 Å². The Kier molecular flexibility index (Phi) is 5.90. The summed E-state index contributed by atoms with van der Waals surface area (Å²) >= 11 is 9.47. The first-order valence-electron chi connectivity index (χ1n) is 11.7. The number of amides is 1. The van der Waals surface area contributed by atoms with E-state index in [-0.39, 0.29) is 18.0 Å². The number of hydrogen-bond acceptors (Lipinski definition) is 3. The number of rotatable bonds is 3. The molecule has 0 spiro atoms. The fourth-order valence-electron chi connectivity index (χ4n) is 5.82. The van der Waals surface area contributed by atoms with Gasteiger partial charge in [0.25, 0.3) is 0 Å². The Hall–Kier alpha value is -2.12. The van der Waals surface area contributed by atoms with Crippen LogP contribution < -0.4 is 15.4 Å². The maximum Gasteiger partial charge on any atom is 0.236 e. The summed E-state index contributed by atoms with van der Waals surface area (Å²) in [5, 5.41) is 7.42. The summed E-state index contributed by atoms with van der Waals surface area (Å²) in [4.78, 5) is 16.1. The first-order valence-corrected chi connectivity index (χ1v) is 12.9. The molecule has 0 unspecified atom stereocenters. The molecule has 7 heteroatoms. The summed E-state index contributed by atoms with van der Waals surface area (Å²) < 4.78 is 7.67. The van der Waals surface area contributed by atoms with E-state index in [1.807, 2.05) is 44.2 Å². The van der Waals surface area contributed by atoms with Crippen LogP contribution in [-0.4, -0.2) is 27.7 Å². The van der Waals surface area contributed by atoms with Crippen molar-refractivity contribution < 1.29 is 9.53 Å². The normalized spacial score (nSPS) is 26.8. The lowest BCUT2D eigenvalue weighted by Gasteiger charge is -2.58. The van der Waals surface area contributed by atoms with Crippen molar-refractivity contribution in [1.82, 2.24) is 10.2 Å². The minimum atomic E-state index is -0.876. The maximum atomic E-state index is 13.9. The lowest BCUT2D eigenvalue weighted by molar-refractivity contribution is -0.156. The van der Waals surface area contributed by atoms with Crippen LogP contribution in [-0.2, 0) is 4.79 Å². The first-order chi connectivity index (χ1) is 15.8. The molecule has 1 saturated carbocycles. The second-order valence-corrected chi connectivity index (χ2v) is 11.0. The van der Waals surface area contributed by atoms with Gasteiger partial charge in [0.2, 0.25) is 5.91 Å². The number of nitrogens with zero attached hydrogens (tertiary/aromatic N) is 1. The number of hydrogen-bond donors (Lipinski definition) is 2. The van der Waals surface area contributed by atoms with E-state index in [0.29, 0.717) is 5.11 Å². The second kappa shape index (κ2) is 8.58. The molecule has 33 heavy (non-hydrogen) atoms. The highest BCUT2D eigenvalue weighted by Crippen LogP contribution is 2.50. The van der Waals surface area contributed by atoms with E-state index in [9.17, 15) is 4.79 Å². The molecule has 5 nitrogen and oxygen atoms in total. The van der Waals surface area contributed by atoms with Crippen LogP contribution in [0.2, 0.25) is 0 Å². The van der Waals surface area contributed by atoms with Gasteiger partial charge >= 0.3 is 0 Å². The lowest BCUT2D eigenvalue weighted by atomic mass is 9.77. The Morgan fingerprint density at radius 3 is 2.67 bits per heavy atom. The van der Waals surface area contributed by atoms with Crippen molar-refractivity contribution in [3.8, 4) is 5.75 Å². The average molecular weight is 529 g/mol.